The van der Waals surface area contributed by atoms with E-state index in [1.807, 2.05) is 30.3 Å². The second-order valence-electron chi connectivity index (χ2n) is 7.13. The number of piperidine rings is 1. The van der Waals surface area contributed by atoms with E-state index in [1.165, 1.54) is 0 Å². The zero-order valence-electron chi connectivity index (χ0n) is 15.3. The van der Waals surface area contributed by atoms with Gasteiger partial charge in [0.2, 0.25) is 11.8 Å². The summed E-state index contributed by atoms with van der Waals surface area (Å²) in [5.41, 5.74) is 0.870. The van der Waals surface area contributed by atoms with Crippen LogP contribution in [0.25, 0.3) is 0 Å². The van der Waals surface area contributed by atoms with E-state index in [2.05, 4.69) is 15.5 Å². The van der Waals surface area contributed by atoms with Gasteiger partial charge < -0.3 is 19.6 Å². The molecule has 2 aromatic rings. The molecule has 0 radical (unpaired) electrons. The minimum absolute atomic E-state index is 0.0389. The third kappa shape index (κ3) is 3.79. The molecule has 2 aliphatic rings. The average Bonchev–Trinajstić information content (AvgIpc) is 3.28. The summed E-state index contributed by atoms with van der Waals surface area (Å²) in [5.74, 6) is 1.54. The number of aryl methyl sites for hydroxylation is 1. The first-order valence-corrected chi connectivity index (χ1v) is 9.31. The van der Waals surface area contributed by atoms with Crippen molar-refractivity contribution in [2.24, 2.45) is 0 Å². The Morgan fingerprint density at radius 1 is 1.22 bits per heavy atom. The highest BCUT2D eigenvalue weighted by molar-refractivity contribution is 5.96. The second-order valence-corrected chi connectivity index (χ2v) is 7.13. The fourth-order valence-electron chi connectivity index (χ4n) is 3.74. The highest BCUT2D eigenvalue weighted by atomic mass is 16.5. The number of anilines is 1. The Hall–Kier alpha value is -2.90. The van der Waals surface area contributed by atoms with Crippen LogP contribution in [0.15, 0.2) is 34.9 Å². The molecular weight excluding hydrogens is 346 g/mol. The molecule has 0 aliphatic carbocycles. The molecule has 1 atom stereocenters. The summed E-state index contributed by atoms with van der Waals surface area (Å²) in [7, 11) is 0. The lowest BCUT2D eigenvalue weighted by Gasteiger charge is -2.31. The fraction of sp³-hybridized carbons (Fsp3) is 0.474. The van der Waals surface area contributed by atoms with Gasteiger partial charge in [-0.2, -0.15) is 4.98 Å². The van der Waals surface area contributed by atoms with E-state index >= 15 is 0 Å². The van der Waals surface area contributed by atoms with Gasteiger partial charge in [-0.15, -0.1) is 0 Å². The van der Waals surface area contributed by atoms with Crippen LogP contribution in [-0.4, -0.2) is 52.7 Å². The van der Waals surface area contributed by atoms with Gasteiger partial charge >= 0.3 is 6.03 Å². The largest absolute Gasteiger partial charge is 0.339 e. The van der Waals surface area contributed by atoms with Gasteiger partial charge in [-0.3, -0.25) is 4.79 Å². The maximum Gasteiger partial charge on any atom is 0.317 e. The molecule has 1 N–H and O–H groups in total. The number of hydrogen-bond donors (Lipinski definition) is 1. The van der Waals surface area contributed by atoms with Crippen LogP contribution in [-0.2, 0) is 4.79 Å². The molecule has 0 spiro atoms. The molecule has 2 aliphatic heterocycles. The Labute approximate surface area is 157 Å². The number of likely N-dealkylation sites (tertiary alicyclic amines) is 1. The number of nitrogens with one attached hydrogen (secondary N) is 1. The van der Waals surface area contributed by atoms with Crippen molar-refractivity contribution in [1.29, 1.82) is 0 Å². The summed E-state index contributed by atoms with van der Waals surface area (Å²) in [5, 5.41) is 6.85. The predicted octanol–water partition coefficient (Wildman–Crippen LogP) is 2.07. The van der Waals surface area contributed by atoms with Gasteiger partial charge in [0.05, 0.1) is 6.04 Å². The van der Waals surface area contributed by atoms with E-state index in [4.69, 9.17) is 4.52 Å². The Bertz CT molecular complexity index is 814. The second kappa shape index (κ2) is 7.38. The van der Waals surface area contributed by atoms with Crippen molar-refractivity contribution in [2.75, 3.05) is 24.5 Å². The number of carbonyl (C=O) groups is 2. The Balaban J connectivity index is 1.29. The van der Waals surface area contributed by atoms with Crippen molar-refractivity contribution in [3.63, 3.8) is 0 Å². The third-order valence-corrected chi connectivity index (χ3v) is 5.20. The van der Waals surface area contributed by atoms with E-state index in [0.717, 1.165) is 18.5 Å². The van der Waals surface area contributed by atoms with Crippen molar-refractivity contribution in [3.05, 3.63) is 42.0 Å². The van der Waals surface area contributed by atoms with Crippen molar-refractivity contribution >= 4 is 17.6 Å². The summed E-state index contributed by atoms with van der Waals surface area (Å²) < 4.78 is 5.25. The lowest BCUT2D eigenvalue weighted by molar-refractivity contribution is -0.117. The molecule has 27 heavy (non-hydrogen) atoms. The number of hydrogen-bond acceptors (Lipinski definition) is 5. The lowest BCUT2D eigenvalue weighted by atomic mass is 9.97. The van der Waals surface area contributed by atoms with E-state index in [1.54, 1.807) is 16.7 Å². The molecule has 0 bridgehead atoms. The van der Waals surface area contributed by atoms with E-state index in [9.17, 15) is 9.59 Å². The molecule has 4 rings (SSSR count). The SMILES string of the molecule is Cc1noc(C2CCN(C(=O)NC3CC(=O)N(c4ccccc4)C3)CC2)n1. The number of rotatable bonds is 3. The van der Waals surface area contributed by atoms with Crippen LogP contribution >= 0.6 is 0 Å². The van der Waals surface area contributed by atoms with Crippen LogP contribution in [0.3, 0.4) is 0 Å². The fourth-order valence-corrected chi connectivity index (χ4v) is 3.74. The summed E-state index contributed by atoms with van der Waals surface area (Å²) in [6.07, 6.45) is 1.93. The number of benzene rings is 1. The monoisotopic (exact) mass is 369 g/mol. The predicted molar refractivity (Wildman–Crippen MR) is 98.3 cm³/mol. The number of amides is 3. The van der Waals surface area contributed by atoms with Crippen molar-refractivity contribution < 1.29 is 14.1 Å². The summed E-state index contributed by atoms with van der Waals surface area (Å²) in [4.78, 5) is 32.7. The standard InChI is InChI=1S/C19H23N5O3/c1-13-20-18(27-22-13)14-7-9-23(10-8-14)19(26)21-15-11-17(25)24(12-15)16-5-3-2-4-6-16/h2-6,14-15H,7-12H2,1H3,(H,21,26). The zero-order chi connectivity index (χ0) is 18.8. The number of urea groups is 1. The number of nitrogens with zero attached hydrogens (tertiary/aromatic N) is 4. The Morgan fingerprint density at radius 2 is 1.96 bits per heavy atom. The van der Waals surface area contributed by atoms with Crippen LogP contribution in [0.2, 0.25) is 0 Å². The van der Waals surface area contributed by atoms with Gasteiger partial charge in [-0.25, -0.2) is 4.79 Å². The van der Waals surface area contributed by atoms with Gasteiger partial charge in [-0.1, -0.05) is 23.4 Å². The maximum absolute atomic E-state index is 12.6. The first-order chi connectivity index (χ1) is 13.1. The molecule has 3 amide bonds. The normalized spacial score (nSPS) is 20.9. The summed E-state index contributed by atoms with van der Waals surface area (Å²) in [6.45, 7) is 3.59. The first-order valence-electron chi connectivity index (χ1n) is 9.31. The zero-order valence-corrected chi connectivity index (χ0v) is 15.3. The number of aromatic nitrogens is 2. The Kier molecular flexibility index (Phi) is 4.79. The van der Waals surface area contributed by atoms with Crippen molar-refractivity contribution in [1.82, 2.24) is 20.4 Å². The van der Waals surface area contributed by atoms with Crippen LogP contribution in [0.1, 0.15) is 36.9 Å². The highest BCUT2D eigenvalue weighted by Gasteiger charge is 2.33. The van der Waals surface area contributed by atoms with Crippen LogP contribution in [0.5, 0.6) is 0 Å². The smallest absolute Gasteiger partial charge is 0.317 e. The van der Waals surface area contributed by atoms with Gasteiger partial charge in [-0.05, 0) is 31.9 Å². The molecular formula is C19H23N5O3. The molecule has 1 aromatic heterocycles. The molecule has 0 saturated carbocycles. The van der Waals surface area contributed by atoms with Gasteiger partial charge in [0.25, 0.3) is 0 Å². The Morgan fingerprint density at radius 3 is 2.63 bits per heavy atom. The topological polar surface area (TPSA) is 91.6 Å². The van der Waals surface area contributed by atoms with E-state index in [-0.39, 0.29) is 23.9 Å². The molecule has 8 heteroatoms. The quantitative estimate of drug-likeness (QED) is 0.894. The number of para-hydroxylation sites is 1. The van der Waals surface area contributed by atoms with E-state index in [0.29, 0.717) is 37.8 Å². The average molecular weight is 369 g/mol. The molecule has 8 nitrogen and oxygen atoms in total. The molecule has 1 unspecified atom stereocenters. The molecule has 2 fully saturated rings. The van der Waals surface area contributed by atoms with Crippen LogP contribution < -0.4 is 10.2 Å². The molecule has 3 heterocycles. The minimum Gasteiger partial charge on any atom is -0.339 e. The minimum atomic E-state index is -0.165. The van der Waals surface area contributed by atoms with Crippen molar-refractivity contribution in [3.8, 4) is 0 Å². The molecule has 142 valence electrons. The first kappa shape index (κ1) is 17.5. The molecule has 1 aromatic carbocycles. The van der Waals surface area contributed by atoms with Crippen LogP contribution in [0, 0.1) is 6.92 Å². The van der Waals surface area contributed by atoms with Crippen LogP contribution in [0.4, 0.5) is 10.5 Å². The van der Waals surface area contributed by atoms with Gasteiger partial charge in [0.1, 0.15) is 0 Å². The summed E-state index contributed by atoms with van der Waals surface area (Å²) in [6, 6.07) is 9.28. The third-order valence-electron chi connectivity index (χ3n) is 5.20. The highest BCUT2D eigenvalue weighted by Crippen LogP contribution is 2.27. The summed E-state index contributed by atoms with van der Waals surface area (Å²) >= 11 is 0. The maximum atomic E-state index is 12.6. The molecule has 2 saturated heterocycles. The lowest BCUT2D eigenvalue weighted by Crippen LogP contribution is -2.48. The number of carbonyl (C=O) groups excluding carboxylic acids is 2. The van der Waals surface area contributed by atoms with Crippen molar-refractivity contribution in [2.45, 2.75) is 38.1 Å². The van der Waals surface area contributed by atoms with Gasteiger partial charge in [0, 0.05) is 37.7 Å². The van der Waals surface area contributed by atoms with E-state index < -0.39 is 0 Å². The van der Waals surface area contributed by atoms with Gasteiger partial charge in [0.15, 0.2) is 5.82 Å².